The molecule has 1 fully saturated rings. The Kier molecular flexibility index (Phi) is 10.4. The maximum atomic E-state index is 13.1. The van der Waals surface area contributed by atoms with Crippen LogP contribution in [0.2, 0.25) is 0 Å². The van der Waals surface area contributed by atoms with Crippen LogP contribution in [0.3, 0.4) is 0 Å². The fourth-order valence-corrected chi connectivity index (χ4v) is 4.29. The number of ether oxygens (including phenoxy) is 2. The van der Waals surface area contributed by atoms with E-state index in [0.717, 1.165) is 37.4 Å². The van der Waals surface area contributed by atoms with Crippen LogP contribution in [0.25, 0.3) is 0 Å². The van der Waals surface area contributed by atoms with E-state index in [0.29, 0.717) is 11.1 Å². The van der Waals surface area contributed by atoms with Crippen molar-refractivity contribution < 1.29 is 23.5 Å². The Morgan fingerprint density at radius 2 is 1.18 bits per heavy atom. The summed E-state index contributed by atoms with van der Waals surface area (Å²) in [6.45, 7) is 7.79. The van der Waals surface area contributed by atoms with Gasteiger partial charge in [-0.1, -0.05) is 24.3 Å². The number of methoxy groups -OCH3 is 2. The average Bonchev–Trinajstić information content (AvgIpc) is 2.97. The smallest absolute Gasteiger partial charge is 0.337 e. The number of hydrogen-bond acceptors (Lipinski definition) is 7. The summed E-state index contributed by atoms with van der Waals surface area (Å²) in [4.78, 5) is 27.3. The first-order valence-corrected chi connectivity index (χ1v) is 12.6. The van der Waals surface area contributed by atoms with Crippen LogP contribution in [0.15, 0.2) is 72.8 Å². The molecule has 0 aromatic heterocycles. The molecular weight excluding hydrogens is 485 g/mol. The van der Waals surface area contributed by atoms with Gasteiger partial charge in [-0.25, -0.2) is 14.0 Å². The van der Waals surface area contributed by atoms with E-state index in [1.807, 2.05) is 55.5 Å². The Hall–Kier alpha value is -3.75. The van der Waals surface area contributed by atoms with Crippen molar-refractivity contribution in [2.75, 3.05) is 45.3 Å². The van der Waals surface area contributed by atoms with Crippen molar-refractivity contribution >= 4 is 17.6 Å². The van der Waals surface area contributed by atoms with E-state index in [4.69, 9.17) is 10.5 Å². The van der Waals surface area contributed by atoms with E-state index in [9.17, 15) is 14.0 Å². The van der Waals surface area contributed by atoms with E-state index in [1.54, 1.807) is 12.1 Å². The molecule has 0 aliphatic carbocycles. The van der Waals surface area contributed by atoms with Crippen LogP contribution < -0.4 is 10.6 Å². The lowest BCUT2D eigenvalue weighted by Gasteiger charge is -2.39. The van der Waals surface area contributed by atoms with Crippen molar-refractivity contribution in [3.63, 3.8) is 0 Å². The van der Waals surface area contributed by atoms with Gasteiger partial charge in [0.1, 0.15) is 5.82 Å². The van der Waals surface area contributed by atoms with E-state index in [1.165, 1.54) is 31.9 Å². The third kappa shape index (κ3) is 7.63. The van der Waals surface area contributed by atoms with Crippen molar-refractivity contribution in [1.82, 2.24) is 4.90 Å². The van der Waals surface area contributed by atoms with Crippen molar-refractivity contribution in [2.45, 2.75) is 25.9 Å². The molecule has 38 heavy (non-hydrogen) atoms. The molecule has 3 aromatic rings. The molecular formula is C30H36FN3O4. The van der Waals surface area contributed by atoms with Gasteiger partial charge >= 0.3 is 11.9 Å². The van der Waals surface area contributed by atoms with Gasteiger partial charge in [0.25, 0.3) is 0 Å². The molecule has 1 unspecified atom stereocenters. The maximum absolute atomic E-state index is 13.1. The largest absolute Gasteiger partial charge is 0.465 e. The zero-order valence-electron chi connectivity index (χ0n) is 22.4. The van der Waals surface area contributed by atoms with Gasteiger partial charge in [0.05, 0.1) is 25.3 Å². The standard InChI is InChI=1S/C20H23FN2O2.C10H13NO2/c1-15(16-3-5-17(6-4-16)20(24)25-2)22-11-13-23(14-12-22)19-9-7-18(21)8-10-19;1-7(11)8-3-5-9(6-4-8)10(12)13-2/h3-10,15H,11-14H2,1-2H3;3-7H,11H2,1-2H3/t;7-/m.1/s1. The second kappa shape index (κ2) is 13.7. The summed E-state index contributed by atoms with van der Waals surface area (Å²) in [7, 11) is 2.75. The zero-order valence-corrected chi connectivity index (χ0v) is 22.4. The molecule has 0 amide bonds. The number of anilines is 1. The van der Waals surface area contributed by atoms with E-state index >= 15 is 0 Å². The minimum atomic E-state index is -0.323. The molecule has 2 N–H and O–H groups in total. The minimum absolute atomic E-state index is 0.00769. The average molecular weight is 522 g/mol. The van der Waals surface area contributed by atoms with Gasteiger partial charge in [-0.15, -0.1) is 0 Å². The highest BCUT2D eigenvalue weighted by Gasteiger charge is 2.22. The zero-order chi connectivity index (χ0) is 27.7. The molecule has 202 valence electrons. The molecule has 4 rings (SSSR count). The number of benzene rings is 3. The molecule has 0 saturated carbocycles. The van der Waals surface area contributed by atoms with Gasteiger partial charge < -0.3 is 20.1 Å². The quantitative estimate of drug-likeness (QED) is 0.458. The fraction of sp³-hybridized carbons (Fsp3) is 0.333. The lowest BCUT2D eigenvalue weighted by atomic mass is 10.0. The first-order chi connectivity index (χ1) is 18.2. The predicted molar refractivity (Wildman–Crippen MR) is 147 cm³/mol. The number of carbonyl (C=O) groups is 2. The number of halogens is 1. The Bertz CT molecular complexity index is 1170. The number of rotatable bonds is 6. The lowest BCUT2D eigenvalue weighted by molar-refractivity contribution is 0.0592. The Balaban J connectivity index is 0.000000260. The first-order valence-electron chi connectivity index (χ1n) is 12.6. The molecule has 0 spiro atoms. The third-order valence-electron chi connectivity index (χ3n) is 6.73. The van der Waals surface area contributed by atoms with E-state index < -0.39 is 0 Å². The highest BCUT2D eigenvalue weighted by atomic mass is 19.1. The van der Waals surface area contributed by atoms with Gasteiger partial charge in [0, 0.05) is 44.0 Å². The predicted octanol–water partition coefficient (Wildman–Crippen LogP) is 4.99. The Morgan fingerprint density at radius 3 is 1.61 bits per heavy atom. The summed E-state index contributed by atoms with van der Waals surface area (Å²) in [5.41, 5.74) is 10.0. The normalized spacial score (nSPS) is 15.1. The molecule has 3 aromatic carbocycles. The summed E-state index contributed by atoms with van der Waals surface area (Å²) in [5, 5.41) is 0. The summed E-state index contributed by atoms with van der Waals surface area (Å²) in [6.07, 6.45) is 0. The fourth-order valence-electron chi connectivity index (χ4n) is 4.29. The second-order valence-electron chi connectivity index (χ2n) is 9.19. The molecule has 1 aliphatic heterocycles. The monoisotopic (exact) mass is 521 g/mol. The minimum Gasteiger partial charge on any atom is -0.465 e. The number of nitrogens with two attached hydrogens (primary N) is 1. The van der Waals surface area contributed by atoms with Gasteiger partial charge in [-0.3, -0.25) is 4.90 Å². The van der Waals surface area contributed by atoms with Crippen LogP contribution >= 0.6 is 0 Å². The van der Waals surface area contributed by atoms with E-state index in [-0.39, 0.29) is 29.8 Å². The van der Waals surface area contributed by atoms with Crippen molar-refractivity contribution in [3.8, 4) is 0 Å². The van der Waals surface area contributed by atoms with Gasteiger partial charge in [0.2, 0.25) is 0 Å². The molecule has 1 heterocycles. The van der Waals surface area contributed by atoms with Crippen molar-refractivity contribution in [2.24, 2.45) is 5.73 Å². The van der Waals surface area contributed by atoms with Crippen molar-refractivity contribution in [3.05, 3.63) is 101 Å². The van der Waals surface area contributed by atoms with Crippen LogP contribution in [0, 0.1) is 5.82 Å². The number of nitrogens with zero attached hydrogens (tertiary/aromatic N) is 2. The molecule has 0 radical (unpaired) electrons. The van der Waals surface area contributed by atoms with Gasteiger partial charge in [0.15, 0.2) is 0 Å². The van der Waals surface area contributed by atoms with Crippen molar-refractivity contribution in [1.29, 1.82) is 0 Å². The Labute approximate surface area is 224 Å². The topological polar surface area (TPSA) is 85.1 Å². The summed E-state index contributed by atoms with van der Waals surface area (Å²) in [6, 6.07) is 21.6. The highest BCUT2D eigenvalue weighted by molar-refractivity contribution is 5.89. The Morgan fingerprint density at radius 1 is 0.737 bits per heavy atom. The first kappa shape index (κ1) is 28.8. The van der Waals surface area contributed by atoms with Crippen LogP contribution in [0.1, 0.15) is 57.8 Å². The van der Waals surface area contributed by atoms with Crippen LogP contribution in [-0.4, -0.2) is 57.2 Å². The summed E-state index contributed by atoms with van der Waals surface area (Å²) < 4.78 is 22.4. The third-order valence-corrected chi connectivity index (χ3v) is 6.73. The van der Waals surface area contributed by atoms with E-state index in [2.05, 4.69) is 21.5 Å². The molecule has 0 bridgehead atoms. The highest BCUT2D eigenvalue weighted by Crippen LogP contribution is 2.24. The lowest BCUT2D eigenvalue weighted by Crippen LogP contribution is -2.47. The summed E-state index contributed by atoms with van der Waals surface area (Å²) >= 11 is 0. The SMILES string of the molecule is COC(=O)c1ccc(C(C)N2CCN(c3ccc(F)cc3)CC2)cc1.COC(=O)c1ccc([C@@H](C)N)cc1. The van der Waals surface area contributed by atoms with Crippen LogP contribution in [0.4, 0.5) is 10.1 Å². The van der Waals surface area contributed by atoms with Crippen LogP contribution in [-0.2, 0) is 9.47 Å². The molecule has 1 aliphatic rings. The summed E-state index contributed by atoms with van der Waals surface area (Å²) in [5.74, 6) is -0.838. The van der Waals surface area contributed by atoms with Gasteiger partial charge in [-0.05, 0) is 73.5 Å². The number of hydrogen-bond donors (Lipinski definition) is 1. The number of piperazine rings is 1. The molecule has 1 saturated heterocycles. The number of carbonyl (C=O) groups excluding carboxylic acids is 2. The molecule has 2 atom stereocenters. The second-order valence-corrected chi connectivity index (χ2v) is 9.19. The molecule has 8 heteroatoms. The molecule has 7 nitrogen and oxygen atoms in total. The van der Waals surface area contributed by atoms with Crippen LogP contribution in [0.5, 0.6) is 0 Å². The van der Waals surface area contributed by atoms with Gasteiger partial charge in [-0.2, -0.15) is 0 Å². The maximum Gasteiger partial charge on any atom is 0.337 e. The number of esters is 2.